The largest absolute Gasteiger partial charge is 0.247 e. The van der Waals surface area contributed by atoms with Crippen LogP contribution in [0.1, 0.15) is 22.3 Å². The van der Waals surface area contributed by atoms with Crippen LogP contribution in [0.25, 0.3) is 251 Å². The van der Waals surface area contributed by atoms with Crippen LogP contribution in [-0.2, 0) is 0 Å². The van der Waals surface area contributed by atoms with Crippen molar-refractivity contribution in [3.63, 3.8) is 0 Å². The normalized spacial score (nSPS) is 10.9. The van der Waals surface area contributed by atoms with Gasteiger partial charge in [-0.05, 0) is 123 Å². The number of fused-ring (bicyclic) bond motifs is 15. The third kappa shape index (κ3) is 16.6. The summed E-state index contributed by atoms with van der Waals surface area (Å²) >= 11 is 0. The Kier molecular flexibility index (Phi) is 24.0. The number of rotatable bonds is 11. The number of benzene rings is 17. The summed E-state index contributed by atoms with van der Waals surface area (Å²) in [6.45, 7) is 44.3. The maximum absolute atomic E-state index is 15.0. The smallest absolute Gasteiger partial charge is 0.200 e. The Bertz CT molecular complexity index is 10100. The summed E-state index contributed by atoms with van der Waals surface area (Å²) < 4.78 is 115. The van der Waals surface area contributed by atoms with E-state index in [0.29, 0.717) is 217 Å². The average Bonchev–Trinajstić information content (AvgIpc) is 0.725. The molecule has 0 fully saturated rings. The molecule has 27 heteroatoms. The van der Waals surface area contributed by atoms with Crippen LogP contribution in [0, 0.1) is 131 Å². The van der Waals surface area contributed by atoms with Crippen LogP contribution >= 0.6 is 0 Å². The molecule has 6 heterocycles. The maximum Gasteiger partial charge on any atom is 0.200 e. The molecule has 148 heavy (non-hydrogen) atoms. The molecule has 0 aliphatic rings. The molecule has 6 aromatic heterocycles. The highest BCUT2D eigenvalue weighted by atomic mass is 19.2. The van der Waals surface area contributed by atoms with Crippen molar-refractivity contribution in [2.75, 3.05) is 0 Å². The molecule has 23 rings (SSSR count). The van der Waals surface area contributed by atoms with E-state index in [0.717, 1.165) is 39.6 Å². The third-order valence-corrected chi connectivity index (χ3v) is 25.1. The molecule has 0 spiro atoms. The first kappa shape index (κ1) is 92.5. The van der Waals surface area contributed by atoms with Crippen molar-refractivity contribution in [1.29, 1.82) is 21.0 Å². The Labute approximate surface area is 834 Å². The average molecular weight is 1920 g/mol. The van der Waals surface area contributed by atoms with Gasteiger partial charge in [0.2, 0.25) is 5.82 Å². The minimum atomic E-state index is -2.27. The molecule has 0 atom stereocenters. The quantitative estimate of drug-likeness (QED) is 0.0385. The van der Waals surface area contributed by atoms with E-state index in [4.69, 9.17) is 84.3 Å². The van der Waals surface area contributed by atoms with E-state index in [9.17, 15) is 47.4 Å². The van der Waals surface area contributed by atoms with Crippen LogP contribution < -0.4 is 0 Å². The predicted octanol–water partition coefficient (Wildman–Crippen LogP) is 32.2. The topological polar surface area (TPSA) is 237 Å². The highest BCUT2D eigenvalue weighted by molar-refractivity contribution is 6.25. The van der Waals surface area contributed by atoms with Crippen molar-refractivity contribution in [2.24, 2.45) is 0 Å². The fourth-order valence-corrected chi connectivity index (χ4v) is 18.2. The second-order valence-electron chi connectivity index (χ2n) is 33.7. The lowest BCUT2D eigenvalue weighted by Gasteiger charge is -2.17. The van der Waals surface area contributed by atoms with Crippen molar-refractivity contribution in [1.82, 2.24) is 44.9 Å². The van der Waals surface area contributed by atoms with Gasteiger partial charge in [-0.3, -0.25) is 0 Å². The number of para-hydroxylation sites is 3. The van der Waals surface area contributed by atoms with Gasteiger partial charge in [0.05, 0.1) is 192 Å². The maximum atomic E-state index is 15.0. The van der Waals surface area contributed by atoms with Gasteiger partial charge in [-0.2, -0.15) is 21.0 Å². The Hall–Kier alpha value is -21.9. The van der Waals surface area contributed by atoms with Crippen LogP contribution in [0.2, 0.25) is 0 Å². The summed E-state index contributed by atoms with van der Waals surface area (Å²) in [4.78, 5) is 66.9. The first-order chi connectivity index (χ1) is 72.2. The van der Waals surface area contributed by atoms with Gasteiger partial charge in [0.25, 0.3) is 0 Å². The lowest BCUT2D eigenvalue weighted by Crippen LogP contribution is -2.04. The second kappa shape index (κ2) is 38.4. The third-order valence-electron chi connectivity index (χ3n) is 25.1. The Morgan fingerprint density at radius 1 is 0.196 bits per heavy atom. The fourth-order valence-electron chi connectivity index (χ4n) is 18.2. The number of pyridine rings is 3. The van der Waals surface area contributed by atoms with Crippen molar-refractivity contribution < 1.29 is 35.1 Å². The number of nitrogens with zero attached hydrogens (tertiary/aromatic N) is 19. The summed E-state index contributed by atoms with van der Waals surface area (Å²) in [5.74, 6) is -14.5. The van der Waals surface area contributed by atoms with E-state index in [2.05, 4.69) is 53.3 Å². The van der Waals surface area contributed by atoms with Gasteiger partial charge in [-0.1, -0.05) is 249 Å². The van der Waals surface area contributed by atoms with Gasteiger partial charge in [-0.25, -0.2) is 109 Å². The lowest BCUT2D eigenvalue weighted by molar-refractivity contribution is 0.381. The van der Waals surface area contributed by atoms with E-state index in [1.165, 1.54) is 18.2 Å². The Balaban J connectivity index is 0.000000131. The molecule has 23 aromatic rings. The predicted molar refractivity (Wildman–Crippen MR) is 553 cm³/mol. The molecule has 0 aliphatic carbocycles. The monoisotopic (exact) mass is 1920 g/mol. The molecule has 0 radical (unpaired) electrons. The number of halogens is 8. The van der Waals surface area contributed by atoms with Gasteiger partial charge in [0, 0.05) is 65.2 Å². The van der Waals surface area contributed by atoms with Gasteiger partial charge in [0.15, 0.2) is 74.8 Å². The van der Waals surface area contributed by atoms with Crippen LogP contribution in [0.15, 0.2) is 322 Å². The highest BCUT2D eigenvalue weighted by Gasteiger charge is 2.31. The number of hydrogen-bond acceptors (Lipinski definition) is 13. The molecule has 0 saturated carbocycles. The van der Waals surface area contributed by atoms with Crippen molar-refractivity contribution in [2.45, 2.75) is 0 Å². The van der Waals surface area contributed by atoms with Gasteiger partial charge >= 0.3 is 0 Å². The molecule has 19 nitrogen and oxygen atoms in total. The zero-order valence-electron chi connectivity index (χ0n) is 76.1. The van der Waals surface area contributed by atoms with Crippen LogP contribution in [0.3, 0.4) is 0 Å². The summed E-state index contributed by atoms with van der Waals surface area (Å²) in [5, 5.41) is 46.6. The van der Waals surface area contributed by atoms with Crippen LogP contribution in [0.5, 0.6) is 0 Å². The molecule has 0 bridgehead atoms. The summed E-state index contributed by atoms with van der Waals surface area (Å²) in [5.41, 5.74) is 17.7. The van der Waals surface area contributed by atoms with Gasteiger partial charge in [-0.15, -0.1) is 0 Å². The molecule has 0 amide bonds. The molecular weight excluding hydrogens is 1870 g/mol. The summed E-state index contributed by atoms with van der Waals surface area (Å²) in [6.07, 6.45) is 0. The molecule has 0 aliphatic heterocycles. The van der Waals surface area contributed by atoms with E-state index in [1.807, 2.05) is 84.9 Å². The summed E-state index contributed by atoms with van der Waals surface area (Å²) in [7, 11) is 0. The van der Waals surface area contributed by atoms with Crippen molar-refractivity contribution in [3.8, 4) is 148 Å². The first-order valence-corrected chi connectivity index (χ1v) is 44.9. The van der Waals surface area contributed by atoms with E-state index < -0.39 is 52.1 Å². The Morgan fingerprint density at radius 2 is 0.453 bits per heavy atom. The summed E-state index contributed by atoms with van der Waals surface area (Å²) in [6, 6.07) is 99.6. The number of hydrogen-bond donors (Lipinski definition) is 0. The number of aromatic nitrogens is 9. The fraction of sp³-hybridized carbons (Fsp3) is 0. The minimum absolute atomic E-state index is 0.139. The zero-order chi connectivity index (χ0) is 102. The van der Waals surface area contributed by atoms with Gasteiger partial charge < -0.3 is 0 Å². The molecule has 688 valence electrons. The minimum Gasteiger partial charge on any atom is -0.247 e. The van der Waals surface area contributed by atoms with Crippen LogP contribution in [0.4, 0.5) is 69.2 Å². The SMILES string of the molecule is [C-]#[N+]c1ccc(-c2nc3cc(C#N)c4c5ccccc5nc(-c5cccc(-c6c(F)c(F)c(F)c(F)c6F)c5)c4c3nc2-c2ccc([N+]#[C-])cc2)cc1.[C-]#[N+]c1ccc(-c2nc3cc(C#N)c4c5ccccc5nc(-c5cccc(-c6cc(F)c(F)c(F)c6)c5)c4c3nc2-c2ccc([N+]#[C-])cc2)cc1.[C-]#[N+]c1ccc(-c2nc3cc(C#N)c4c5ccccc5nc(-c5cccc(C#N)c5)c4c3nc2-c2ccc([N+]#[C-])cc2)cc1. The Morgan fingerprint density at radius 3 is 0.750 bits per heavy atom. The van der Waals surface area contributed by atoms with Crippen molar-refractivity contribution >= 4 is 132 Å². The molecule has 0 unspecified atom stereocenters. The molecule has 0 saturated heterocycles. The zero-order valence-corrected chi connectivity index (χ0v) is 76.1. The van der Waals surface area contributed by atoms with E-state index >= 15 is 8.78 Å². The van der Waals surface area contributed by atoms with E-state index in [1.54, 1.807) is 206 Å². The molecular formula is C121H53F8N19. The van der Waals surface area contributed by atoms with Crippen LogP contribution in [-0.4, -0.2) is 44.9 Å². The standard InChI is InChI=1S/C42H17F5N6.C42H19F3N6.C37H17N7/c1-49-26-14-10-21(11-15-26)40-41(22-12-16-27(50-2)17-13-22)53-42-30(52-40)19-25(20-48)31-28-8-3-4-9-29(28)51-39(33(31)42)24-7-5-6-23(18-24)32-34(43)36(45)38(47)37(46)35(32)44;1-47-29-14-10-23(11-15-29)40-41(24-12-16-30(48-2)17-13-24)51-42-35(50-40)21-28(22-46)36-31-8-3-4-9-34(31)49-39(37(36)42)26-7-5-6-25(18-26)27-19-32(43)38(45)33(44)20-27;1-40-27-14-10-23(11-15-27)35-36(24-12-16-28(41-2)17-13-24)44-37-31(43-35)19-26(21-39)32-29-8-3-4-9-30(29)42-34(33(32)37)25-7-5-6-22(18-25)20-38/h3-19H;3-21H;3-19H. The van der Waals surface area contributed by atoms with E-state index in [-0.39, 0.29) is 27.9 Å². The number of nitriles is 4. The lowest BCUT2D eigenvalue weighted by atomic mass is 9.93. The van der Waals surface area contributed by atoms with Gasteiger partial charge in [0.1, 0.15) is 0 Å². The second-order valence-corrected chi connectivity index (χ2v) is 33.7. The highest BCUT2D eigenvalue weighted by Crippen LogP contribution is 2.49. The molecule has 17 aromatic carbocycles. The molecule has 0 N–H and O–H groups in total. The van der Waals surface area contributed by atoms with Crippen molar-refractivity contribution in [3.05, 3.63) is 459 Å². The first-order valence-electron chi connectivity index (χ1n) is 44.9.